The van der Waals surface area contributed by atoms with Gasteiger partial charge in [-0.3, -0.25) is 4.79 Å². The third kappa shape index (κ3) is 3.88. The molecular formula is C16H24N2O3. The van der Waals surface area contributed by atoms with Gasteiger partial charge in [0.2, 0.25) is 0 Å². The molecule has 5 nitrogen and oxygen atoms in total. The van der Waals surface area contributed by atoms with E-state index in [1.54, 1.807) is 32.4 Å². The third-order valence-electron chi connectivity index (χ3n) is 3.87. The summed E-state index contributed by atoms with van der Waals surface area (Å²) in [4.78, 5) is 14.6. The molecule has 1 saturated heterocycles. The van der Waals surface area contributed by atoms with Crippen molar-refractivity contribution < 1.29 is 14.3 Å². The maximum atomic E-state index is 12.7. The summed E-state index contributed by atoms with van der Waals surface area (Å²) in [5, 5.41) is 3.43. The second-order valence-corrected chi connectivity index (χ2v) is 5.24. The van der Waals surface area contributed by atoms with Gasteiger partial charge in [-0.05, 0) is 38.4 Å². The van der Waals surface area contributed by atoms with Crippen molar-refractivity contribution in [2.75, 3.05) is 33.9 Å². The number of carbonyl (C=O) groups excluding carboxylic acids is 1. The molecule has 0 aliphatic carbocycles. The predicted octanol–water partition coefficient (Wildman–Crippen LogP) is 1.92. The molecule has 2 rings (SSSR count). The minimum Gasteiger partial charge on any atom is -0.497 e. The number of likely N-dealkylation sites (N-methyl/N-ethyl adjacent to an activating group) is 1. The fraction of sp³-hybridized carbons (Fsp3) is 0.562. The van der Waals surface area contributed by atoms with Gasteiger partial charge in [0, 0.05) is 30.8 Å². The number of rotatable bonds is 6. The summed E-state index contributed by atoms with van der Waals surface area (Å²) < 4.78 is 10.5. The van der Waals surface area contributed by atoms with Crippen LogP contribution in [-0.4, -0.2) is 50.7 Å². The van der Waals surface area contributed by atoms with Gasteiger partial charge in [0.25, 0.3) is 5.91 Å². The molecule has 1 unspecified atom stereocenters. The lowest BCUT2D eigenvalue weighted by atomic mass is 10.1. The van der Waals surface area contributed by atoms with Crippen molar-refractivity contribution in [3.63, 3.8) is 0 Å². The summed E-state index contributed by atoms with van der Waals surface area (Å²) in [6.45, 7) is 4.49. The van der Waals surface area contributed by atoms with Crippen molar-refractivity contribution in [3.8, 4) is 11.5 Å². The van der Waals surface area contributed by atoms with E-state index in [-0.39, 0.29) is 5.91 Å². The highest BCUT2D eigenvalue weighted by Crippen LogP contribution is 2.23. The average molecular weight is 292 g/mol. The molecular weight excluding hydrogens is 268 g/mol. The van der Waals surface area contributed by atoms with Crippen LogP contribution >= 0.6 is 0 Å². The smallest absolute Gasteiger partial charge is 0.254 e. The first-order valence-corrected chi connectivity index (χ1v) is 7.43. The number of ether oxygens (including phenoxy) is 2. The van der Waals surface area contributed by atoms with Crippen LogP contribution in [0.4, 0.5) is 0 Å². The SMILES string of the molecule is CCN(CC1CCCN1)C(=O)c1cc(OC)cc(OC)c1. The van der Waals surface area contributed by atoms with Crippen LogP contribution in [0.5, 0.6) is 11.5 Å². The Balaban J connectivity index is 2.15. The van der Waals surface area contributed by atoms with E-state index in [0.717, 1.165) is 19.5 Å². The summed E-state index contributed by atoms with van der Waals surface area (Å²) in [5.41, 5.74) is 0.603. The number of hydrogen-bond acceptors (Lipinski definition) is 4. The van der Waals surface area contributed by atoms with Gasteiger partial charge >= 0.3 is 0 Å². The maximum Gasteiger partial charge on any atom is 0.254 e. The zero-order valence-corrected chi connectivity index (χ0v) is 13.0. The molecule has 1 amide bonds. The number of carbonyl (C=O) groups is 1. The molecule has 0 aromatic heterocycles. The molecule has 0 spiro atoms. The first kappa shape index (κ1) is 15.6. The first-order chi connectivity index (χ1) is 10.2. The first-order valence-electron chi connectivity index (χ1n) is 7.43. The van der Waals surface area contributed by atoms with E-state index in [4.69, 9.17) is 9.47 Å². The highest BCUT2D eigenvalue weighted by atomic mass is 16.5. The number of nitrogens with zero attached hydrogens (tertiary/aromatic N) is 1. The van der Waals surface area contributed by atoms with E-state index in [0.29, 0.717) is 29.6 Å². The van der Waals surface area contributed by atoms with Crippen molar-refractivity contribution in [1.82, 2.24) is 10.2 Å². The maximum absolute atomic E-state index is 12.7. The second-order valence-electron chi connectivity index (χ2n) is 5.24. The summed E-state index contributed by atoms with van der Waals surface area (Å²) in [6.07, 6.45) is 2.31. The van der Waals surface area contributed by atoms with Crippen molar-refractivity contribution >= 4 is 5.91 Å². The average Bonchev–Trinajstić information content (AvgIpc) is 3.04. The lowest BCUT2D eigenvalue weighted by Gasteiger charge is -2.25. The minimum atomic E-state index is 0.0170. The molecule has 1 aliphatic heterocycles. The largest absolute Gasteiger partial charge is 0.497 e. The molecule has 1 aromatic rings. The summed E-state index contributed by atoms with van der Waals surface area (Å²) in [5.74, 6) is 1.28. The molecule has 116 valence electrons. The molecule has 1 N–H and O–H groups in total. The molecule has 0 radical (unpaired) electrons. The monoisotopic (exact) mass is 292 g/mol. The topological polar surface area (TPSA) is 50.8 Å². The Bertz CT molecular complexity index is 462. The van der Waals surface area contributed by atoms with Crippen molar-refractivity contribution in [2.24, 2.45) is 0 Å². The predicted molar refractivity (Wildman–Crippen MR) is 82.1 cm³/mol. The molecule has 1 fully saturated rings. The zero-order chi connectivity index (χ0) is 15.2. The van der Waals surface area contributed by atoms with Crippen LogP contribution in [0.15, 0.2) is 18.2 Å². The van der Waals surface area contributed by atoms with E-state index in [9.17, 15) is 4.79 Å². The molecule has 0 bridgehead atoms. The molecule has 1 aliphatic rings. The molecule has 21 heavy (non-hydrogen) atoms. The van der Waals surface area contributed by atoms with Gasteiger partial charge in [-0.25, -0.2) is 0 Å². The standard InChI is InChI=1S/C16H24N2O3/c1-4-18(11-13-6-5-7-17-13)16(19)12-8-14(20-2)10-15(9-12)21-3/h8-10,13,17H,4-7,11H2,1-3H3. The Labute approximate surface area is 126 Å². The van der Waals surface area contributed by atoms with E-state index in [1.165, 1.54) is 6.42 Å². The Morgan fingerprint density at radius 1 is 1.29 bits per heavy atom. The van der Waals surface area contributed by atoms with Gasteiger partial charge in [0.15, 0.2) is 0 Å². The minimum absolute atomic E-state index is 0.0170. The van der Waals surface area contributed by atoms with Crippen molar-refractivity contribution in [2.45, 2.75) is 25.8 Å². The van der Waals surface area contributed by atoms with Crippen LogP contribution in [0.3, 0.4) is 0 Å². The van der Waals surface area contributed by atoms with Gasteiger partial charge in [0.1, 0.15) is 11.5 Å². The van der Waals surface area contributed by atoms with E-state index >= 15 is 0 Å². The normalized spacial score (nSPS) is 17.6. The van der Waals surface area contributed by atoms with Crippen LogP contribution in [0.2, 0.25) is 0 Å². The fourth-order valence-corrected chi connectivity index (χ4v) is 2.65. The molecule has 5 heteroatoms. The molecule has 1 atom stereocenters. The lowest BCUT2D eigenvalue weighted by molar-refractivity contribution is 0.0750. The Morgan fingerprint density at radius 3 is 2.43 bits per heavy atom. The number of amides is 1. The summed E-state index contributed by atoms with van der Waals surface area (Å²) in [6, 6.07) is 5.69. The van der Waals surface area contributed by atoms with Crippen LogP contribution in [0, 0.1) is 0 Å². The van der Waals surface area contributed by atoms with Crippen molar-refractivity contribution in [3.05, 3.63) is 23.8 Å². The highest BCUT2D eigenvalue weighted by molar-refractivity contribution is 5.95. The van der Waals surface area contributed by atoms with Gasteiger partial charge < -0.3 is 19.7 Å². The third-order valence-corrected chi connectivity index (χ3v) is 3.87. The Morgan fingerprint density at radius 2 is 1.95 bits per heavy atom. The molecule has 1 heterocycles. The van der Waals surface area contributed by atoms with Gasteiger partial charge in [0.05, 0.1) is 14.2 Å². The van der Waals surface area contributed by atoms with Gasteiger partial charge in [-0.2, -0.15) is 0 Å². The van der Waals surface area contributed by atoms with Crippen LogP contribution in [-0.2, 0) is 0 Å². The second kappa shape index (κ2) is 7.31. The number of hydrogen-bond donors (Lipinski definition) is 1. The van der Waals surface area contributed by atoms with E-state index < -0.39 is 0 Å². The van der Waals surface area contributed by atoms with E-state index in [1.807, 2.05) is 11.8 Å². The van der Waals surface area contributed by atoms with Crippen LogP contribution in [0.1, 0.15) is 30.1 Å². The van der Waals surface area contributed by atoms with Crippen LogP contribution in [0.25, 0.3) is 0 Å². The molecule has 1 aromatic carbocycles. The highest BCUT2D eigenvalue weighted by Gasteiger charge is 2.22. The van der Waals surface area contributed by atoms with Gasteiger partial charge in [-0.1, -0.05) is 0 Å². The van der Waals surface area contributed by atoms with Crippen molar-refractivity contribution in [1.29, 1.82) is 0 Å². The summed E-state index contributed by atoms with van der Waals surface area (Å²) >= 11 is 0. The van der Waals surface area contributed by atoms with Gasteiger partial charge in [-0.15, -0.1) is 0 Å². The number of benzene rings is 1. The number of methoxy groups -OCH3 is 2. The quantitative estimate of drug-likeness (QED) is 0.870. The molecule has 0 saturated carbocycles. The Kier molecular flexibility index (Phi) is 5.44. The zero-order valence-electron chi connectivity index (χ0n) is 13.0. The Hall–Kier alpha value is -1.75. The summed E-state index contributed by atoms with van der Waals surface area (Å²) in [7, 11) is 3.17. The fourth-order valence-electron chi connectivity index (χ4n) is 2.65. The lowest BCUT2D eigenvalue weighted by Crippen LogP contribution is -2.41. The van der Waals surface area contributed by atoms with Crippen LogP contribution < -0.4 is 14.8 Å². The van der Waals surface area contributed by atoms with E-state index in [2.05, 4.69) is 5.32 Å². The number of nitrogens with one attached hydrogen (secondary N) is 1.